The summed E-state index contributed by atoms with van der Waals surface area (Å²) < 4.78 is 1.90. The standard InChI is InChI=1S/C14H17N3O/c1-17-10-13(16-11-17)7-8-15-14(18)9-12-5-3-2-4-6-12/h2-6,10-11H,7-9H2,1H3,(H,15,18). The highest BCUT2D eigenvalue weighted by atomic mass is 16.1. The summed E-state index contributed by atoms with van der Waals surface area (Å²) in [6.45, 7) is 0.628. The summed E-state index contributed by atoms with van der Waals surface area (Å²) >= 11 is 0. The molecular formula is C14H17N3O. The van der Waals surface area contributed by atoms with E-state index in [1.807, 2.05) is 48.1 Å². The second-order valence-electron chi connectivity index (χ2n) is 4.29. The fourth-order valence-corrected chi connectivity index (χ4v) is 1.77. The van der Waals surface area contributed by atoms with Crippen molar-refractivity contribution in [3.8, 4) is 0 Å². The highest BCUT2D eigenvalue weighted by Gasteiger charge is 2.03. The molecule has 0 aliphatic carbocycles. The van der Waals surface area contributed by atoms with Crippen LogP contribution in [0.5, 0.6) is 0 Å². The van der Waals surface area contributed by atoms with E-state index in [4.69, 9.17) is 0 Å². The van der Waals surface area contributed by atoms with Crippen molar-refractivity contribution in [3.05, 3.63) is 54.1 Å². The molecule has 2 rings (SSSR count). The number of carbonyl (C=O) groups excluding carboxylic acids is 1. The van der Waals surface area contributed by atoms with Crippen molar-refractivity contribution in [1.29, 1.82) is 0 Å². The van der Waals surface area contributed by atoms with Gasteiger partial charge in [0.25, 0.3) is 0 Å². The Kier molecular flexibility index (Phi) is 4.12. The molecule has 1 aromatic heterocycles. The molecule has 2 aromatic rings. The van der Waals surface area contributed by atoms with E-state index < -0.39 is 0 Å². The van der Waals surface area contributed by atoms with Gasteiger partial charge in [0, 0.05) is 26.2 Å². The first kappa shape index (κ1) is 12.4. The summed E-state index contributed by atoms with van der Waals surface area (Å²) in [4.78, 5) is 15.9. The van der Waals surface area contributed by atoms with E-state index in [-0.39, 0.29) is 5.91 Å². The maximum absolute atomic E-state index is 11.7. The lowest BCUT2D eigenvalue weighted by Crippen LogP contribution is -2.27. The van der Waals surface area contributed by atoms with Crippen molar-refractivity contribution >= 4 is 5.91 Å². The van der Waals surface area contributed by atoms with Gasteiger partial charge in [0.05, 0.1) is 18.4 Å². The number of aryl methyl sites for hydroxylation is 1. The summed E-state index contributed by atoms with van der Waals surface area (Å²) in [5.41, 5.74) is 2.03. The van der Waals surface area contributed by atoms with Gasteiger partial charge in [-0.3, -0.25) is 4.79 Å². The first-order chi connectivity index (χ1) is 8.74. The smallest absolute Gasteiger partial charge is 0.224 e. The van der Waals surface area contributed by atoms with Crippen LogP contribution in [-0.4, -0.2) is 22.0 Å². The number of benzene rings is 1. The zero-order valence-corrected chi connectivity index (χ0v) is 10.5. The van der Waals surface area contributed by atoms with Crippen molar-refractivity contribution in [3.63, 3.8) is 0 Å². The minimum absolute atomic E-state index is 0.0529. The average molecular weight is 243 g/mol. The molecular weight excluding hydrogens is 226 g/mol. The van der Waals surface area contributed by atoms with Crippen LogP contribution in [0.3, 0.4) is 0 Å². The van der Waals surface area contributed by atoms with E-state index in [1.165, 1.54) is 0 Å². The first-order valence-electron chi connectivity index (χ1n) is 6.01. The lowest BCUT2D eigenvalue weighted by molar-refractivity contribution is -0.120. The summed E-state index contributed by atoms with van der Waals surface area (Å²) in [6, 6.07) is 9.74. The molecule has 0 atom stereocenters. The largest absolute Gasteiger partial charge is 0.355 e. The van der Waals surface area contributed by atoms with E-state index in [9.17, 15) is 4.79 Å². The Bertz CT molecular complexity index is 505. The van der Waals surface area contributed by atoms with Crippen LogP contribution in [0.1, 0.15) is 11.3 Å². The molecule has 0 saturated carbocycles. The minimum atomic E-state index is 0.0529. The van der Waals surface area contributed by atoms with Gasteiger partial charge in [-0.15, -0.1) is 0 Å². The van der Waals surface area contributed by atoms with Crippen LogP contribution in [0, 0.1) is 0 Å². The summed E-state index contributed by atoms with van der Waals surface area (Å²) in [5, 5.41) is 2.90. The van der Waals surface area contributed by atoms with Gasteiger partial charge in [-0.2, -0.15) is 0 Å². The number of carbonyl (C=O) groups is 1. The first-order valence-corrected chi connectivity index (χ1v) is 6.01. The molecule has 1 aromatic carbocycles. The van der Waals surface area contributed by atoms with Gasteiger partial charge < -0.3 is 9.88 Å². The Labute approximate surface area is 107 Å². The van der Waals surface area contributed by atoms with E-state index in [1.54, 1.807) is 6.33 Å². The van der Waals surface area contributed by atoms with Crippen molar-refractivity contribution in [1.82, 2.24) is 14.9 Å². The monoisotopic (exact) mass is 243 g/mol. The number of imidazole rings is 1. The number of nitrogens with one attached hydrogen (secondary N) is 1. The third-order valence-corrected chi connectivity index (χ3v) is 2.67. The molecule has 0 bridgehead atoms. The zero-order valence-electron chi connectivity index (χ0n) is 10.5. The second kappa shape index (κ2) is 6.00. The molecule has 1 N–H and O–H groups in total. The second-order valence-corrected chi connectivity index (χ2v) is 4.29. The molecule has 94 valence electrons. The highest BCUT2D eigenvalue weighted by molar-refractivity contribution is 5.78. The van der Waals surface area contributed by atoms with Gasteiger partial charge in [-0.05, 0) is 5.56 Å². The quantitative estimate of drug-likeness (QED) is 0.861. The number of hydrogen-bond acceptors (Lipinski definition) is 2. The van der Waals surface area contributed by atoms with Crippen LogP contribution in [0.25, 0.3) is 0 Å². The Morgan fingerprint density at radius 2 is 2.11 bits per heavy atom. The lowest BCUT2D eigenvalue weighted by atomic mass is 10.1. The Hall–Kier alpha value is -2.10. The third-order valence-electron chi connectivity index (χ3n) is 2.67. The maximum atomic E-state index is 11.7. The molecule has 0 saturated heterocycles. The minimum Gasteiger partial charge on any atom is -0.355 e. The fourth-order valence-electron chi connectivity index (χ4n) is 1.77. The van der Waals surface area contributed by atoms with Crippen molar-refractivity contribution in [2.24, 2.45) is 7.05 Å². The average Bonchev–Trinajstić information content (AvgIpc) is 2.76. The number of nitrogens with zero attached hydrogens (tertiary/aromatic N) is 2. The molecule has 1 amide bonds. The van der Waals surface area contributed by atoms with Crippen LogP contribution in [0.2, 0.25) is 0 Å². The van der Waals surface area contributed by atoms with Crippen molar-refractivity contribution < 1.29 is 4.79 Å². The van der Waals surface area contributed by atoms with Gasteiger partial charge in [0.1, 0.15) is 0 Å². The number of rotatable bonds is 5. The lowest BCUT2D eigenvalue weighted by Gasteiger charge is -2.04. The van der Waals surface area contributed by atoms with Crippen molar-refractivity contribution in [2.75, 3.05) is 6.54 Å². The predicted octanol–water partition coefficient (Wildman–Crippen LogP) is 1.32. The molecule has 4 nitrogen and oxygen atoms in total. The van der Waals surface area contributed by atoms with Gasteiger partial charge in [-0.1, -0.05) is 30.3 Å². The Balaban J connectivity index is 1.72. The topological polar surface area (TPSA) is 46.9 Å². The molecule has 0 fully saturated rings. The molecule has 18 heavy (non-hydrogen) atoms. The van der Waals surface area contributed by atoms with Crippen LogP contribution < -0.4 is 5.32 Å². The van der Waals surface area contributed by atoms with Gasteiger partial charge in [0.15, 0.2) is 0 Å². The molecule has 0 unspecified atom stereocenters. The predicted molar refractivity (Wildman–Crippen MR) is 70.1 cm³/mol. The third kappa shape index (κ3) is 3.73. The molecule has 0 aliphatic rings. The molecule has 0 spiro atoms. The molecule has 1 heterocycles. The summed E-state index contributed by atoms with van der Waals surface area (Å²) in [5.74, 6) is 0.0529. The number of aromatic nitrogens is 2. The van der Waals surface area contributed by atoms with E-state index in [0.29, 0.717) is 13.0 Å². The Morgan fingerprint density at radius 3 is 2.78 bits per heavy atom. The van der Waals surface area contributed by atoms with E-state index in [2.05, 4.69) is 10.3 Å². The van der Waals surface area contributed by atoms with Gasteiger partial charge >= 0.3 is 0 Å². The van der Waals surface area contributed by atoms with Gasteiger partial charge in [-0.25, -0.2) is 4.98 Å². The highest BCUT2D eigenvalue weighted by Crippen LogP contribution is 1.99. The Morgan fingerprint density at radius 1 is 1.33 bits per heavy atom. The van der Waals surface area contributed by atoms with Crippen LogP contribution in [-0.2, 0) is 24.7 Å². The van der Waals surface area contributed by atoms with Crippen LogP contribution >= 0.6 is 0 Å². The number of hydrogen-bond donors (Lipinski definition) is 1. The normalized spacial score (nSPS) is 10.3. The van der Waals surface area contributed by atoms with Crippen LogP contribution in [0.4, 0.5) is 0 Å². The SMILES string of the molecule is Cn1cnc(CCNC(=O)Cc2ccccc2)c1. The molecule has 4 heteroatoms. The molecule has 0 aliphatic heterocycles. The molecule has 0 radical (unpaired) electrons. The van der Waals surface area contributed by atoms with E-state index in [0.717, 1.165) is 17.7 Å². The van der Waals surface area contributed by atoms with Crippen molar-refractivity contribution in [2.45, 2.75) is 12.8 Å². The number of amides is 1. The fraction of sp³-hybridized carbons (Fsp3) is 0.286. The zero-order chi connectivity index (χ0) is 12.8. The van der Waals surface area contributed by atoms with E-state index >= 15 is 0 Å². The van der Waals surface area contributed by atoms with Gasteiger partial charge in [0.2, 0.25) is 5.91 Å². The summed E-state index contributed by atoms with van der Waals surface area (Å²) in [6.07, 6.45) is 4.93. The summed E-state index contributed by atoms with van der Waals surface area (Å²) in [7, 11) is 1.94. The maximum Gasteiger partial charge on any atom is 0.224 e. The van der Waals surface area contributed by atoms with Crippen LogP contribution in [0.15, 0.2) is 42.9 Å².